The van der Waals surface area contributed by atoms with Gasteiger partial charge in [0.25, 0.3) is 0 Å². The van der Waals surface area contributed by atoms with E-state index in [1.807, 2.05) is 30.3 Å². The molecule has 2 aromatic rings. The number of tetrazole rings is 1. The van der Waals surface area contributed by atoms with Crippen LogP contribution in [-0.2, 0) is 4.79 Å². The first-order valence-corrected chi connectivity index (χ1v) is 7.59. The van der Waals surface area contributed by atoms with Crippen molar-refractivity contribution in [3.05, 3.63) is 30.3 Å². The molecule has 0 aliphatic heterocycles. The Hall–Kier alpha value is -1.93. The molecule has 3 N–H and O–H groups in total. The van der Waals surface area contributed by atoms with Gasteiger partial charge in [-0.2, -0.15) is 4.68 Å². The molecule has 0 amide bonds. The summed E-state index contributed by atoms with van der Waals surface area (Å²) >= 11 is 1.27. The molecule has 1 saturated carbocycles. The molecule has 1 fully saturated rings. The zero-order valence-electron chi connectivity index (χ0n) is 11.2. The molecule has 0 saturated heterocycles. The van der Waals surface area contributed by atoms with Gasteiger partial charge in [0.1, 0.15) is 5.54 Å². The van der Waals surface area contributed by atoms with Crippen LogP contribution in [0.5, 0.6) is 0 Å². The van der Waals surface area contributed by atoms with E-state index in [0.29, 0.717) is 5.16 Å². The highest BCUT2D eigenvalue weighted by Crippen LogP contribution is 2.41. The molecule has 3 rings (SSSR count). The number of rotatable bonds is 6. The predicted octanol–water partition coefficient (Wildman–Crippen LogP) is 0.946. The first-order chi connectivity index (χ1) is 10.1. The highest BCUT2D eigenvalue weighted by atomic mass is 32.2. The zero-order valence-corrected chi connectivity index (χ0v) is 12.0. The average Bonchev–Trinajstić information content (AvgIpc) is 3.25. The van der Waals surface area contributed by atoms with Crippen molar-refractivity contribution in [2.45, 2.75) is 23.5 Å². The van der Waals surface area contributed by atoms with Gasteiger partial charge in [0, 0.05) is 5.75 Å². The number of carbonyl (C=O) groups is 1. The SMILES string of the molecule is NC(CSc1nnnn1-c1ccccc1)(C(=O)O)C1CC1. The number of benzene rings is 1. The summed E-state index contributed by atoms with van der Waals surface area (Å²) < 4.78 is 1.58. The lowest BCUT2D eigenvalue weighted by Gasteiger charge is -2.23. The summed E-state index contributed by atoms with van der Waals surface area (Å²) in [7, 11) is 0. The number of hydrogen-bond acceptors (Lipinski definition) is 6. The maximum absolute atomic E-state index is 11.4. The van der Waals surface area contributed by atoms with Crippen molar-refractivity contribution in [3.8, 4) is 5.69 Å². The second kappa shape index (κ2) is 5.45. The molecule has 1 heterocycles. The lowest BCUT2D eigenvalue weighted by Crippen LogP contribution is -2.52. The van der Waals surface area contributed by atoms with E-state index >= 15 is 0 Å². The fourth-order valence-electron chi connectivity index (χ4n) is 2.14. The van der Waals surface area contributed by atoms with Gasteiger partial charge < -0.3 is 10.8 Å². The van der Waals surface area contributed by atoms with E-state index in [2.05, 4.69) is 15.5 Å². The molecule has 21 heavy (non-hydrogen) atoms. The molecule has 7 nitrogen and oxygen atoms in total. The molecule has 0 bridgehead atoms. The van der Waals surface area contributed by atoms with Crippen LogP contribution in [0.2, 0.25) is 0 Å². The Labute approximate surface area is 125 Å². The van der Waals surface area contributed by atoms with Crippen molar-refractivity contribution in [1.29, 1.82) is 0 Å². The summed E-state index contributed by atoms with van der Waals surface area (Å²) in [5.74, 6) is -0.667. The van der Waals surface area contributed by atoms with E-state index in [1.165, 1.54) is 11.8 Å². The van der Waals surface area contributed by atoms with Gasteiger partial charge in [0.15, 0.2) is 0 Å². The molecule has 8 heteroatoms. The largest absolute Gasteiger partial charge is 0.480 e. The molecule has 1 aromatic carbocycles. The van der Waals surface area contributed by atoms with E-state index in [-0.39, 0.29) is 11.7 Å². The summed E-state index contributed by atoms with van der Waals surface area (Å²) in [5.41, 5.74) is 5.67. The Kier molecular flexibility index (Phi) is 3.64. The molecular formula is C13H15N5O2S. The minimum absolute atomic E-state index is 0.0450. The lowest BCUT2D eigenvalue weighted by molar-refractivity contribution is -0.143. The number of nitrogens with two attached hydrogens (primary N) is 1. The molecule has 1 aliphatic carbocycles. The second-order valence-corrected chi connectivity index (χ2v) is 6.06. The molecule has 1 atom stereocenters. The Morgan fingerprint density at radius 3 is 2.76 bits per heavy atom. The molecule has 0 spiro atoms. The van der Waals surface area contributed by atoms with Crippen LogP contribution in [0.3, 0.4) is 0 Å². The van der Waals surface area contributed by atoms with Crippen molar-refractivity contribution in [2.75, 3.05) is 5.75 Å². The lowest BCUT2D eigenvalue weighted by atomic mass is 9.98. The molecule has 1 aliphatic rings. The summed E-state index contributed by atoms with van der Waals surface area (Å²) in [5, 5.41) is 21.4. The van der Waals surface area contributed by atoms with E-state index in [1.54, 1.807) is 4.68 Å². The Morgan fingerprint density at radius 1 is 1.43 bits per heavy atom. The number of aromatic nitrogens is 4. The van der Waals surface area contributed by atoms with Gasteiger partial charge >= 0.3 is 5.97 Å². The van der Waals surface area contributed by atoms with E-state index in [4.69, 9.17) is 5.73 Å². The van der Waals surface area contributed by atoms with Gasteiger partial charge in [0.05, 0.1) is 5.69 Å². The number of aliphatic carboxylic acids is 1. The second-order valence-electron chi connectivity index (χ2n) is 5.12. The van der Waals surface area contributed by atoms with Gasteiger partial charge in [-0.3, -0.25) is 4.79 Å². The third-order valence-corrected chi connectivity index (χ3v) is 4.72. The predicted molar refractivity (Wildman–Crippen MR) is 77.2 cm³/mol. The molecule has 1 unspecified atom stereocenters. The summed E-state index contributed by atoms with van der Waals surface area (Å²) in [4.78, 5) is 11.4. The van der Waals surface area contributed by atoms with E-state index in [0.717, 1.165) is 18.5 Å². The number of carboxylic acid groups (broad SMARTS) is 1. The minimum Gasteiger partial charge on any atom is -0.480 e. The normalized spacial score (nSPS) is 17.4. The first kappa shape index (κ1) is 14.0. The van der Waals surface area contributed by atoms with Crippen LogP contribution >= 0.6 is 11.8 Å². The number of carboxylic acids is 1. The van der Waals surface area contributed by atoms with Crippen molar-refractivity contribution in [2.24, 2.45) is 11.7 Å². The van der Waals surface area contributed by atoms with Gasteiger partial charge in [0.2, 0.25) is 5.16 Å². The highest BCUT2D eigenvalue weighted by molar-refractivity contribution is 7.99. The quantitative estimate of drug-likeness (QED) is 0.765. The minimum atomic E-state index is -1.21. The summed E-state index contributed by atoms with van der Waals surface area (Å²) in [6.07, 6.45) is 1.74. The third-order valence-electron chi connectivity index (χ3n) is 3.59. The molecule has 1 aromatic heterocycles. The number of para-hydroxylation sites is 1. The fourth-order valence-corrected chi connectivity index (χ4v) is 3.22. The van der Waals surface area contributed by atoms with Gasteiger partial charge in [-0.05, 0) is 41.3 Å². The first-order valence-electron chi connectivity index (χ1n) is 6.60. The van der Waals surface area contributed by atoms with Crippen LogP contribution in [0, 0.1) is 5.92 Å². The van der Waals surface area contributed by atoms with Gasteiger partial charge in [-0.1, -0.05) is 30.0 Å². The average molecular weight is 305 g/mol. The van der Waals surface area contributed by atoms with E-state index < -0.39 is 11.5 Å². The van der Waals surface area contributed by atoms with E-state index in [9.17, 15) is 9.90 Å². The Morgan fingerprint density at radius 2 is 2.14 bits per heavy atom. The van der Waals surface area contributed by atoms with Crippen molar-refractivity contribution < 1.29 is 9.90 Å². The van der Waals surface area contributed by atoms with Gasteiger partial charge in [-0.25, -0.2) is 0 Å². The van der Waals surface area contributed by atoms with Crippen LogP contribution in [0.4, 0.5) is 0 Å². The smallest absolute Gasteiger partial charge is 0.324 e. The Bertz CT molecular complexity index is 643. The van der Waals surface area contributed by atoms with Gasteiger partial charge in [-0.15, -0.1) is 5.10 Å². The Balaban J connectivity index is 1.77. The van der Waals surface area contributed by atoms with Crippen LogP contribution in [0.25, 0.3) is 5.69 Å². The van der Waals surface area contributed by atoms with Crippen LogP contribution < -0.4 is 5.73 Å². The van der Waals surface area contributed by atoms with Crippen molar-refractivity contribution >= 4 is 17.7 Å². The number of nitrogens with zero attached hydrogens (tertiary/aromatic N) is 4. The van der Waals surface area contributed by atoms with Crippen LogP contribution in [-0.4, -0.2) is 42.6 Å². The highest BCUT2D eigenvalue weighted by Gasteiger charge is 2.48. The monoisotopic (exact) mass is 305 g/mol. The number of thioether (sulfide) groups is 1. The maximum atomic E-state index is 11.4. The van der Waals surface area contributed by atoms with Crippen LogP contribution in [0.1, 0.15) is 12.8 Å². The van der Waals surface area contributed by atoms with Crippen molar-refractivity contribution in [3.63, 3.8) is 0 Å². The third kappa shape index (κ3) is 2.77. The number of hydrogen-bond donors (Lipinski definition) is 2. The topological polar surface area (TPSA) is 107 Å². The zero-order chi connectivity index (χ0) is 14.9. The molecule has 0 radical (unpaired) electrons. The molecular weight excluding hydrogens is 290 g/mol. The van der Waals surface area contributed by atoms with Crippen LogP contribution in [0.15, 0.2) is 35.5 Å². The standard InChI is InChI=1S/C13H15N5O2S/c14-13(11(19)20,9-6-7-9)8-21-12-15-16-17-18(12)10-4-2-1-3-5-10/h1-5,9H,6-8,14H2,(H,19,20). The summed E-state index contributed by atoms with van der Waals surface area (Å²) in [6.45, 7) is 0. The summed E-state index contributed by atoms with van der Waals surface area (Å²) in [6, 6.07) is 9.45. The fraction of sp³-hybridized carbons (Fsp3) is 0.385. The maximum Gasteiger partial charge on any atom is 0.324 e. The molecule has 110 valence electrons. The van der Waals surface area contributed by atoms with Crippen molar-refractivity contribution in [1.82, 2.24) is 20.2 Å².